The molecule has 0 saturated heterocycles. The lowest BCUT2D eigenvalue weighted by atomic mass is 10.3. The molecule has 5 nitrogen and oxygen atoms in total. The Bertz CT molecular complexity index is 250. The Balaban J connectivity index is 2.27. The molecule has 80 valence electrons. The maximum Gasteiger partial charge on any atom is 0.0828 e. The molecule has 0 aliphatic heterocycles. The van der Waals surface area contributed by atoms with Crippen molar-refractivity contribution in [3.8, 4) is 0 Å². The Labute approximate surface area is 83.7 Å². The van der Waals surface area contributed by atoms with Crippen molar-refractivity contribution in [3.63, 3.8) is 0 Å². The Kier molecular flexibility index (Phi) is 5.17. The fraction of sp³-hybridized carbons (Fsp3) is 0.778. The molecule has 5 heteroatoms. The van der Waals surface area contributed by atoms with Gasteiger partial charge in [-0.3, -0.25) is 4.68 Å². The van der Waals surface area contributed by atoms with Crippen LogP contribution >= 0.6 is 0 Å². The van der Waals surface area contributed by atoms with E-state index in [2.05, 4.69) is 10.3 Å². The van der Waals surface area contributed by atoms with Crippen LogP contribution in [0, 0.1) is 0 Å². The number of hydrogen-bond donors (Lipinski definition) is 1. The minimum atomic E-state index is 0.205. The summed E-state index contributed by atoms with van der Waals surface area (Å²) < 4.78 is 6.75. The summed E-state index contributed by atoms with van der Waals surface area (Å²) in [5, 5.41) is 16.6. The maximum absolute atomic E-state index is 8.64. The van der Waals surface area contributed by atoms with Crippen molar-refractivity contribution in [3.05, 3.63) is 11.9 Å². The molecule has 1 aromatic rings. The molecule has 0 atom stereocenters. The highest BCUT2D eigenvalue weighted by molar-refractivity contribution is 4.91. The highest BCUT2D eigenvalue weighted by Crippen LogP contribution is 1.98. The number of rotatable bonds is 7. The Morgan fingerprint density at radius 1 is 1.50 bits per heavy atom. The van der Waals surface area contributed by atoms with Crippen LogP contribution < -0.4 is 0 Å². The van der Waals surface area contributed by atoms with Crippen LogP contribution in [0.4, 0.5) is 0 Å². The number of methoxy groups -OCH3 is 1. The molecule has 0 amide bonds. The van der Waals surface area contributed by atoms with Gasteiger partial charge in [0.15, 0.2) is 0 Å². The molecule has 0 unspecified atom stereocenters. The molecule has 0 aliphatic carbocycles. The summed E-state index contributed by atoms with van der Waals surface area (Å²) in [5.74, 6) is 0. The third-order valence-corrected chi connectivity index (χ3v) is 1.91. The largest absolute Gasteiger partial charge is 0.396 e. The van der Waals surface area contributed by atoms with Crippen LogP contribution in [0.3, 0.4) is 0 Å². The van der Waals surface area contributed by atoms with Crippen LogP contribution in [0.15, 0.2) is 6.20 Å². The molecular formula is C9H17N3O2. The number of aromatic nitrogens is 3. The van der Waals surface area contributed by atoms with Gasteiger partial charge in [0.1, 0.15) is 0 Å². The van der Waals surface area contributed by atoms with E-state index in [1.54, 1.807) is 7.11 Å². The van der Waals surface area contributed by atoms with Crippen LogP contribution in [0.2, 0.25) is 0 Å². The van der Waals surface area contributed by atoms with Gasteiger partial charge in [-0.25, -0.2) is 0 Å². The van der Waals surface area contributed by atoms with Crippen LogP contribution in [0.5, 0.6) is 0 Å². The topological polar surface area (TPSA) is 60.2 Å². The van der Waals surface area contributed by atoms with Gasteiger partial charge >= 0.3 is 0 Å². The molecule has 14 heavy (non-hydrogen) atoms. The van der Waals surface area contributed by atoms with E-state index in [0.29, 0.717) is 0 Å². The minimum Gasteiger partial charge on any atom is -0.396 e. The first-order chi connectivity index (χ1) is 6.86. The third-order valence-electron chi connectivity index (χ3n) is 1.91. The van der Waals surface area contributed by atoms with E-state index in [1.165, 1.54) is 0 Å². The summed E-state index contributed by atoms with van der Waals surface area (Å²) in [4.78, 5) is 0. The van der Waals surface area contributed by atoms with Crippen molar-refractivity contribution < 1.29 is 9.84 Å². The van der Waals surface area contributed by atoms with Crippen molar-refractivity contribution in [1.29, 1.82) is 0 Å². The normalized spacial score (nSPS) is 10.7. The average molecular weight is 199 g/mol. The molecule has 1 N–H and O–H groups in total. The van der Waals surface area contributed by atoms with E-state index < -0.39 is 0 Å². The standard InChI is InChI=1S/C9H17N3O2/c1-14-7-3-5-12-8-9(10-11-12)4-2-6-13/h8,13H,2-7H2,1H3. The smallest absolute Gasteiger partial charge is 0.0828 e. The minimum absolute atomic E-state index is 0.205. The van der Waals surface area contributed by atoms with Crippen molar-refractivity contribution in [2.75, 3.05) is 20.3 Å². The first kappa shape index (κ1) is 11.1. The van der Waals surface area contributed by atoms with Gasteiger partial charge in [0.2, 0.25) is 0 Å². The fourth-order valence-electron chi connectivity index (χ4n) is 1.19. The third kappa shape index (κ3) is 3.85. The highest BCUT2D eigenvalue weighted by Gasteiger charge is 1.99. The number of nitrogens with zero attached hydrogens (tertiary/aromatic N) is 3. The van der Waals surface area contributed by atoms with E-state index >= 15 is 0 Å². The van der Waals surface area contributed by atoms with Gasteiger partial charge in [0.05, 0.1) is 5.69 Å². The predicted molar refractivity (Wildman–Crippen MR) is 51.9 cm³/mol. The van der Waals surface area contributed by atoms with Crippen LogP contribution in [-0.2, 0) is 17.7 Å². The molecule has 0 saturated carbocycles. The zero-order valence-electron chi connectivity index (χ0n) is 8.52. The Hall–Kier alpha value is -0.940. The highest BCUT2D eigenvalue weighted by atomic mass is 16.5. The molecule has 1 aromatic heterocycles. The lowest BCUT2D eigenvalue weighted by Gasteiger charge is -1.98. The van der Waals surface area contributed by atoms with E-state index in [-0.39, 0.29) is 6.61 Å². The van der Waals surface area contributed by atoms with Gasteiger partial charge in [-0.15, -0.1) is 5.10 Å². The number of aryl methyl sites for hydroxylation is 2. The zero-order valence-corrected chi connectivity index (χ0v) is 8.52. The van der Waals surface area contributed by atoms with Crippen LogP contribution in [0.25, 0.3) is 0 Å². The first-order valence-corrected chi connectivity index (χ1v) is 4.85. The molecule has 0 fully saturated rings. The average Bonchev–Trinajstić information content (AvgIpc) is 2.63. The van der Waals surface area contributed by atoms with Gasteiger partial charge < -0.3 is 9.84 Å². The number of aliphatic hydroxyl groups is 1. The van der Waals surface area contributed by atoms with Gasteiger partial charge in [0.25, 0.3) is 0 Å². The van der Waals surface area contributed by atoms with E-state index in [9.17, 15) is 0 Å². The lowest BCUT2D eigenvalue weighted by Crippen LogP contribution is -2.01. The van der Waals surface area contributed by atoms with E-state index in [0.717, 1.165) is 38.1 Å². The first-order valence-electron chi connectivity index (χ1n) is 4.85. The summed E-state index contributed by atoms with van der Waals surface area (Å²) in [6.07, 6.45) is 4.40. The van der Waals surface area contributed by atoms with Crippen molar-refractivity contribution in [2.24, 2.45) is 0 Å². The Morgan fingerprint density at radius 3 is 3.07 bits per heavy atom. The second kappa shape index (κ2) is 6.50. The summed E-state index contributed by atoms with van der Waals surface area (Å²) >= 11 is 0. The van der Waals surface area contributed by atoms with Gasteiger partial charge in [0, 0.05) is 33.1 Å². The fourth-order valence-corrected chi connectivity index (χ4v) is 1.19. The van der Waals surface area contributed by atoms with Gasteiger partial charge in [-0.05, 0) is 19.3 Å². The molecule has 0 spiro atoms. The Morgan fingerprint density at radius 2 is 2.36 bits per heavy atom. The summed E-state index contributed by atoms with van der Waals surface area (Å²) in [6.45, 7) is 1.78. The summed E-state index contributed by atoms with van der Waals surface area (Å²) in [6, 6.07) is 0. The second-order valence-electron chi connectivity index (χ2n) is 3.15. The van der Waals surface area contributed by atoms with Gasteiger partial charge in [-0.1, -0.05) is 5.21 Å². The lowest BCUT2D eigenvalue weighted by molar-refractivity contribution is 0.188. The molecule has 0 bridgehead atoms. The van der Waals surface area contributed by atoms with E-state index in [4.69, 9.17) is 9.84 Å². The summed E-state index contributed by atoms with van der Waals surface area (Å²) in [7, 11) is 1.69. The molecule has 0 aliphatic rings. The van der Waals surface area contributed by atoms with Gasteiger partial charge in [-0.2, -0.15) is 0 Å². The molecule has 0 radical (unpaired) electrons. The number of hydrogen-bond acceptors (Lipinski definition) is 4. The predicted octanol–water partition coefficient (Wildman–Crippen LogP) is 0.240. The monoisotopic (exact) mass is 199 g/mol. The molecule has 1 rings (SSSR count). The summed E-state index contributed by atoms with van der Waals surface area (Å²) in [5.41, 5.74) is 0.941. The van der Waals surface area contributed by atoms with Crippen molar-refractivity contribution in [1.82, 2.24) is 15.0 Å². The quantitative estimate of drug-likeness (QED) is 0.639. The maximum atomic E-state index is 8.64. The second-order valence-corrected chi connectivity index (χ2v) is 3.15. The van der Waals surface area contributed by atoms with Crippen molar-refractivity contribution >= 4 is 0 Å². The number of aliphatic hydroxyl groups excluding tert-OH is 1. The molecule has 0 aromatic carbocycles. The molecular weight excluding hydrogens is 182 g/mol. The molecule has 1 heterocycles. The van der Waals surface area contributed by atoms with Crippen LogP contribution in [-0.4, -0.2) is 40.4 Å². The SMILES string of the molecule is COCCCn1cc(CCCO)nn1. The van der Waals surface area contributed by atoms with E-state index in [1.807, 2.05) is 10.9 Å². The zero-order chi connectivity index (χ0) is 10.2. The van der Waals surface area contributed by atoms with Crippen LogP contribution in [0.1, 0.15) is 18.5 Å². The van der Waals surface area contributed by atoms with Crippen molar-refractivity contribution in [2.45, 2.75) is 25.8 Å². The number of ether oxygens (including phenoxy) is 1.